The Morgan fingerprint density at radius 2 is 2.04 bits per heavy atom. The fourth-order valence-corrected chi connectivity index (χ4v) is 3.73. The molecular formula is C20H21ClN2O. The van der Waals surface area contributed by atoms with Gasteiger partial charge in [0.1, 0.15) is 12.4 Å². The summed E-state index contributed by atoms with van der Waals surface area (Å²) in [6.07, 6.45) is 3.47. The number of halogens is 1. The van der Waals surface area contributed by atoms with Crippen molar-refractivity contribution < 1.29 is 4.74 Å². The van der Waals surface area contributed by atoms with E-state index in [1.54, 1.807) is 0 Å². The third-order valence-electron chi connectivity index (χ3n) is 4.67. The summed E-state index contributed by atoms with van der Waals surface area (Å²) in [7, 11) is 0. The molecule has 0 amide bonds. The summed E-state index contributed by atoms with van der Waals surface area (Å²) in [6.45, 7) is 1.50. The predicted octanol–water partition coefficient (Wildman–Crippen LogP) is 4.87. The molecule has 24 heavy (non-hydrogen) atoms. The number of aromatic nitrogens is 1. The zero-order chi connectivity index (χ0) is 16.4. The van der Waals surface area contributed by atoms with E-state index in [1.165, 1.54) is 28.6 Å². The van der Waals surface area contributed by atoms with Gasteiger partial charge in [-0.3, -0.25) is 0 Å². The number of aryl methyl sites for hydroxylation is 1. The number of ether oxygens (including phenoxy) is 1. The Morgan fingerprint density at radius 3 is 2.92 bits per heavy atom. The molecule has 0 fully saturated rings. The van der Waals surface area contributed by atoms with Crippen molar-refractivity contribution in [3.8, 4) is 5.75 Å². The van der Waals surface area contributed by atoms with Crippen LogP contribution in [0.3, 0.4) is 0 Å². The van der Waals surface area contributed by atoms with Crippen molar-refractivity contribution in [2.75, 3.05) is 13.2 Å². The SMILES string of the molecule is Clc1ccc2[nH]c3c(c2c1)CCC[C@H]3NCCOc1ccccc1. The van der Waals surface area contributed by atoms with Crippen LogP contribution in [0.15, 0.2) is 48.5 Å². The molecule has 0 saturated heterocycles. The van der Waals surface area contributed by atoms with E-state index in [0.717, 1.165) is 30.2 Å². The molecule has 4 rings (SSSR count). The Labute approximate surface area is 147 Å². The van der Waals surface area contributed by atoms with Crippen LogP contribution >= 0.6 is 11.6 Å². The van der Waals surface area contributed by atoms with E-state index < -0.39 is 0 Å². The molecule has 0 bridgehead atoms. The Kier molecular flexibility index (Phi) is 4.46. The van der Waals surface area contributed by atoms with E-state index in [4.69, 9.17) is 16.3 Å². The Balaban J connectivity index is 1.43. The molecule has 1 atom stereocenters. The molecule has 0 unspecified atom stereocenters. The lowest BCUT2D eigenvalue weighted by atomic mass is 9.92. The number of H-pyrrole nitrogens is 1. The molecule has 1 aliphatic rings. The van der Waals surface area contributed by atoms with Gasteiger partial charge in [0.15, 0.2) is 0 Å². The second-order valence-electron chi connectivity index (χ2n) is 6.27. The molecule has 0 aliphatic heterocycles. The number of rotatable bonds is 5. The summed E-state index contributed by atoms with van der Waals surface area (Å²) in [6, 6.07) is 16.4. The number of benzene rings is 2. The van der Waals surface area contributed by atoms with Gasteiger partial charge in [-0.25, -0.2) is 0 Å². The van der Waals surface area contributed by atoms with E-state index in [-0.39, 0.29) is 0 Å². The van der Waals surface area contributed by atoms with Crippen LogP contribution in [-0.4, -0.2) is 18.1 Å². The van der Waals surface area contributed by atoms with Gasteiger partial charge in [0.25, 0.3) is 0 Å². The first-order valence-electron chi connectivity index (χ1n) is 8.52. The van der Waals surface area contributed by atoms with Crippen molar-refractivity contribution in [3.63, 3.8) is 0 Å². The van der Waals surface area contributed by atoms with Gasteiger partial charge in [-0.05, 0) is 55.2 Å². The second kappa shape index (κ2) is 6.88. The quantitative estimate of drug-likeness (QED) is 0.650. The predicted molar refractivity (Wildman–Crippen MR) is 98.9 cm³/mol. The average Bonchev–Trinajstić information content (AvgIpc) is 2.98. The molecule has 2 aromatic carbocycles. The van der Waals surface area contributed by atoms with Crippen molar-refractivity contribution in [1.29, 1.82) is 0 Å². The van der Waals surface area contributed by atoms with Crippen LogP contribution in [0, 0.1) is 0 Å². The first-order valence-corrected chi connectivity index (χ1v) is 8.90. The Bertz CT molecular complexity index is 828. The van der Waals surface area contributed by atoms with Gasteiger partial charge in [0.2, 0.25) is 0 Å². The normalized spacial score (nSPS) is 17.0. The molecule has 4 heteroatoms. The number of para-hydroxylation sites is 1. The molecule has 0 saturated carbocycles. The summed E-state index contributed by atoms with van der Waals surface area (Å²) in [4.78, 5) is 3.59. The lowest BCUT2D eigenvalue weighted by Crippen LogP contribution is -2.29. The fraction of sp³-hybridized carbons (Fsp3) is 0.300. The lowest BCUT2D eigenvalue weighted by Gasteiger charge is -2.24. The van der Waals surface area contributed by atoms with Gasteiger partial charge in [-0.2, -0.15) is 0 Å². The molecular weight excluding hydrogens is 320 g/mol. The molecule has 2 N–H and O–H groups in total. The lowest BCUT2D eigenvalue weighted by molar-refractivity contribution is 0.300. The van der Waals surface area contributed by atoms with E-state index in [1.807, 2.05) is 36.4 Å². The van der Waals surface area contributed by atoms with Gasteiger partial charge < -0.3 is 15.0 Å². The summed E-state index contributed by atoms with van der Waals surface area (Å²) >= 11 is 6.17. The molecule has 3 aromatic rings. The second-order valence-corrected chi connectivity index (χ2v) is 6.70. The molecule has 0 radical (unpaired) electrons. The minimum atomic E-state index is 0.360. The van der Waals surface area contributed by atoms with Gasteiger partial charge in [-0.15, -0.1) is 0 Å². The Hall–Kier alpha value is -1.97. The summed E-state index contributed by atoms with van der Waals surface area (Å²) in [5.74, 6) is 0.920. The van der Waals surface area contributed by atoms with Crippen molar-refractivity contribution in [2.45, 2.75) is 25.3 Å². The third kappa shape index (κ3) is 3.14. The fourth-order valence-electron chi connectivity index (χ4n) is 3.56. The maximum atomic E-state index is 6.17. The topological polar surface area (TPSA) is 37.0 Å². The molecule has 1 heterocycles. The largest absolute Gasteiger partial charge is 0.492 e. The average molecular weight is 341 g/mol. The van der Waals surface area contributed by atoms with E-state index >= 15 is 0 Å². The smallest absolute Gasteiger partial charge is 0.119 e. The van der Waals surface area contributed by atoms with E-state index in [2.05, 4.69) is 22.4 Å². The van der Waals surface area contributed by atoms with Crippen LogP contribution in [0.5, 0.6) is 5.75 Å². The monoisotopic (exact) mass is 340 g/mol. The molecule has 1 aliphatic carbocycles. The van der Waals surface area contributed by atoms with Crippen molar-refractivity contribution in [2.24, 2.45) is 0 Å². The number of hydrogen-bond donors (Lipinski definition) is 2. The van der Waals surface area contributed by atoms with Gasteiger partial charge in [0.05, 0.1) is 0 Å². The minimum absolute atomic E-state index is 0.360. The van der Waals surface area contributed by atoms with Crippen LogP contribution < -0.4 is 10.1 Å². The first kappa shape index (κ1) is 15.6. The molecule has 3 nitrogen and oxygen atoms in total. The van der Waals surface area contributed by atoms with Crippen molar-refractivity contribution in [1.82, 2.24) is 10.3 Å². The zero-order valence-corrected chi connectivity index (χ0v) is 14.3. The highest BCUT2D eigenvalue weighted by atomic mass is 35.5. The summed E-state index contributed by atoms with van der Waals surface area (Å²) < 4.78 is 5.77. The minimum Gasteiger partial charge on any atom is -0.492 e. The van der Waals surface area contributed by atoms with Gasteiger partial charge >= 0.3 is 0 Å². The highest BCUT2D eigenvalue weighted by Crippen LogP contribution is 2.35. The molecule has 124 valence electrons. The summed E-state index contributed by atoms with van der Waals surface area (Å²) in [5, 5.41) is 5.70. The number of nitrogens with one attached hydrogen (secondary N) is 2. The van der Waals surface area contributed by atoms with Crippen molar-refractivity contribution in [3.05, 3.63) is 64.8 Å². The number of hydrogen-bond acceptors (Lipinski definition) is 2. The maximum Gasteiger partial charge on any atom is 0.119 e. The van der Waals surface area contributed by atoms with Gasteiger partial charge in [-0.1, -0.05) is 29.8 Å². The third-order valence-corrected chi connectivity index (χ3v) is 4.91. The van der Waals surface area contributed by atoms with E-state index in [9.17, 15) is 0 Å². The van der Waals surface area contributed by atoms with Gasteiger partial charge in [0, 0.05) is 34.2 Å². The molecule has 0 spiro atoms. The van der Waals surface area contributed by atoms with Crippen LogP contribution in [0.1, 0.15) is 30.1 Å². The standard InChI is InChI=1S/C20H21ClN2O/c21-14-9-10-18-17(13-14)16-7-4-8-19(20(16)23-18)22-11-12-24-15-5-2-1-3-6-15/h1-3,5-6,9-10,13,19,22-23H,4,7-8,11-12H2/t19-/m1/s1. The van der Waals surface area contributed by atoms with Crippen molar-refractivity contribution >= 4 is 22.5 Å². The highest BCUT2D eigenvalue weighted by molar-refractivity contribution is 6.31. The van der Waals surface area contributed by atoms with Crippen LogP contribution in [0.4, 0.5) is 0 Å². The Morgan fingerprint density at radius 1 is 1.17 bits per heavy atom. The number of aromatic amines is 1. The zero-order valence-electron chi connectivity index (χ0n) is 13.5. The number of fused-ring (bicyclic) bond motifs is 3. The summed E-state index contributed by atoms with van der Waals surface area (Å²) in [5.41, 5.74) is 3.91. The maximum absolute atomic E-state index is 6.17. The van der Waals surface area contributed by atoms with Crippen LogP contribution in [0.2, 0.25) is 5.02 Å². The highest BCUT2D eigenvalue weighted by Gasteiger charge is 2.23. The first-order chi connectivity index (χ1) is 11.8. The van der Waals surface area contributed by atoms with Crippen LogP contribution in [0.25, 0.3) is 10.9 Å². The van der Waals surface area contributed by atoms with Crippen LogP contribution in [-0.2, 0) is 6.42 Å². The van der Waals surface area contributed by atoms with E-state index in [0.29, 0.717) is 12.6 Å². The molecule has 1 aromatic heterocycles.